The number of halogens is 3. The Morgan fingerprint density at radius 2 is 1.89 bits per heavy atom. The third-order valence-electron chi connectivity index (χ3n) is 4.59. The molecule has 0 radical (unpaired) electrons. The Balaban J connectivity index is 1.67. The summed E-state index contributed by atoms with van der Waals surface area (Å²) >= 11 is 0. The van der Waals surface area contributed by atoms with Crippen molar-refractivity contribution in [2.75, 3.05) is 26.2 Å². The van der Waals surface area contributed by atoms with Gasteiger partial charge in [-0.25, -0.2) is 0 Å². The van der Waals surface area contributed by atoms with Crippen molar-refractivity contribution >= 4 is 5.69 Å². The second-order valence-electron chi connectivity index (χ2n) is 6.82. The van der Waals surface area contributed by atoms with E-state index >= 15 is 0 Å². The van der Waals surface area contributed by atoms with Crippen LogP contribution in [0.3, 0.4) is 0 Å². The average Bonchev–Trinajstić information content (AvgIpc) is 2.69. The standard InChI is InChI=1S/C20H23F3N4O/c1-14-6-5-7-15(12-14)13-24-26-18-16(21)19(23)25-20(17(18)22)28-11-10-27-8-3-2-4-9-27/h5-7,12H,2-4,8-11,13H2,1H3. The highest BCUT2D eigenvalue weighted by atomic mass is 19.2. The molecule has 150 valence electrons. The van der Waals surface area contributed by atoms with Crippen LogP contribution in [0.2, 0.25) is 0 Å². The molecule has 0 atom stereocenters. The highest BCUT2D eigenvalue weighted by Crippen LogP contribution is 2.30. The lowest BCUT2D eigenvalue weighted by Gasteiger charge is -2.26. The predicted molar refractivity (Wildman–Crippen MR) is 99.3 cm³/mol. The molecule has 1 fully saturated rings. The fourth-order valence-electron chi connectivity index (χ4n) is 3.12. The molecule has 0 bridgehead atoms. The maximum Gasteiger partial charge on any atom is 0.255 e. The van der Waals surface area contributed by atoms with Gasteiger partial charge in [-0.15, -0.1) is 5.11 Å². The van der Waals surface area contributed by atoms with Crippen LogP contribution < -0.4 is 4.74 Å². The number of aryl methyl sites for hydroxylation is 1. The highest BCUT2D eigenvalue weighted by Gasteiger charge is 2.22. The highest BCUT2D eigenvalue weighted by molar-refractivity contribution is 5.43. The molecule has 1 aromatic heterocycles. The Kier molecular flexibility index (Phi) is 6.97. The van der Waals surface area contributed by atoms with Gasteiger partial charge in [0.25, 0.3) is 11.8 Å². The van der Waals surface area contributed by atoms with E-state index in [0.29, 0.717) is 6.54 Å². The first-order valence-corrected chi connectivity index (χ1v) is 9.37. The van der Waals surface area contributed by atoms with Crippen molar-refractivity contribution in [1.82, 2.24) is 9.88 Å². The molecule has 1 saturated heterocycles. The van der Waals surface area contributed by atoms with E-state index in [-0.39, 0.29) is 13.2 Å². The minimum atomic E-state index is -1.48. The van der Waals surface area contributed by atoms with Crippen LogP contribution in [0.15, 0.2) is 34.5 Å². The average molecular weight is 392 g/mol. The first-order valence-electron chi connectivity index (χ1n) is 9.37. The lowest BCUT2D eigenvalue weighted by atomic mass is 10.1. The topological polar surface area (TPSA) is 50.1 Å². The van der Waals surface area contributed by atoms with E-state index < -0.39 is 29.1 Å². The van der Waals surface area contributed by atoms with Crippen molar-refractivity contribution < 1.29 is 17.9 Å². The number of hydrogen-bond acceptors (Lipinski definition) is 5. The summed E-state index contributed by atoms with van der Waals surface area (Å²) < 4.78 is 47.5. The van der Waals surface area contributed by atoms with E-state index in [1.165, 1.54) is 6.42 Å². The third kappa shape index (κ3) is 5.28. The van der Waals surface area contributed by atoms with Crippen molar-refractivity contribution in [2.45, 2.75) is 32.7 Å². The smallest absolute Gasteiger partial charge is 0.255 e. The summed E-state index contributed by atoms with van der Waals surface area (Å²) in [5.74, 6) is -4.68. The van der Waals surface area contributed by atoms with Crippen LogP contribution in [-0.4, -0.2) is 36.1 Å². The zero-order chi connectivity index (χ0) is 19.9. The minimum Gasteiger partial charge on any atom is -0.474 e. The van der Waals surface area contributed by atoms with Crippen molar-refractivity contribution in [1.29, 1.82) is 0 Å². The Bertz CT molecular complexity index is 838. The monoisotopic (exact) mass is 392 g/mol. The number of pyridine rings is 1. The Morgan fingerprint density at radius 1 is 1.11 bits per heavy atom. The molecular weight excluding hydrogens is 369 g/mol. The number of aromatic nitrogens is 1. The van der Waals surface area contributed by atoms with E-state index in [2.05, 4.69) is 20.1 Å². The summed E-state index contributed by atoms with van der Waals surface area (Å²) in [5.41, 5.74) is 1.04. The Morgan fingerprint density at radius 3 is 2.64 bits per heavy atom. The second-order valence-corrected chi connectivity index (χ2v) is 6.82. The number of piperidine rings is 1. The quantitative estimate of drug-likeness (QED) is 0.495. The molecule has 1 aliphatic heterocycles. The molecule has 0 N–H and O–H groups in total. The van der Waals surface area contributed by atoms with Gasteiger partial charge in [0.1, 0.15) is 6.61 Å². The van der Waals surface area contributed by atoms with E-state index in [4.69, 9.17) is 4.74 Å². The zero-order valence-corrected chi connectivity index (χ0v) is 15.8. The number of benzene rings is 1. The number of azo groups is 1. The molecule has 2 heterocycles. The van der Waals surface area contributed by atoms with Crippen molar-refractivity contribution in [3.8, 4) is 5.88 Å². The van der Waals surface area contributed by atoms with Gasteiger partial charge in [0, 0.05) is 6.54 Å². The van der Waals surface area contributed by atoms with Crippen LogP contribution in [0, 0.1) is 24.5 Å². The summed E-state index contributed by atoms with van der Waals surface area (Å²) in [6.07, 6.45) is 3.43. The summed E-state index contributed by atoms with van der Waals surface area (Å²) in [4.78, 5) is 5.42. The third-order valence-corrected chi connectivity index (χ3v) is 4.59. The van der Waals surface area contributed by atoms with Crippen molar-refractivity contribution in [3.63, 3.8) is 0 Å². The van der Waals surface area contributed by atoms with E-state index in [1.807, 2.05) is 31.2 Å². The van der Waals surface area contributed by atoms with Gasteiger partial charge in [0.15, 0.2) is 5.69 Å². The number of rotatable bonds is 7. The fraction of sp³-hybridized carbons (Fsp3) is 0.450. The largest absolute Gasteiger partial charge is 0.474 e. The zero-order valence-electron chi connectivity index (χ0n) is 15.8. The van der Waals surface area contributed by atoms with Crippen LogP contribution in [-0.2, 0) is 6.54 Å². The molecule has 0 aliphatic carbocycles. The van der Waals surface area contributed by atoms with Crippen molar-refractivity contribution in [3.05, 3.63) is 53.0 Å². The summed E-state index contributed by atoms with van der Waals surface area (Å²) in [5, 5.41) is 7.35. The van der Waals surface area contributed by atoms with E-state index in [9.17, 15) is 13.2 Å². The molecule has 28 heavy (non-hydrogen) atoms. The van der Waals surface area contributed by atoms with Gasteiger partial charge >= 0.3 is 0 Å². The maximum atomic E-state index is 14.5. The summed E-state index contributed by atoms with van der Waals surface area (Å²) in [7, 11) is 0. The number of likely N-dealkylation sites (tertiary alicyclic amines) is 1. The molecular formula is C20H23F3N4O. The first kappa shape index (κ1) is 20.3. The molecule has 3 rings (SSSR count). The van der Waals surface area contributed by atoms with Gasteiger partial charge in [-0.1, -0.05) is 36.2 Å². The number of hydrogen-bond donors (Lipinski definition) is 0. The van der Waals surface area contributed by atoms with Gasteiger partial charge in [0.2, 0.25) is 11.6 Å². The molecule has 0 unspecified atom stereocenters. The fourth-order valence-corrected chi connectivity index (χ4v) is 3.12. The molecule has 5 nitrogen and oxygen atoms in total. The summed E-state index contributed by atoms with van der Waals surface area (Å²) in [6.45, 7) is 4.66. The Labute approximate surface area is 162 Å². The molecule has 0 spiro atoms. The summed E-state index contributed by atoms with van der Waals surface area (Å²) in [6, 6.07) is 7.47. The molecule has 8 heteroatoms. The lowest BCUT2D eigenvalue weighted by molar-refractivity contribution is 0.176. The second kappa shape index (κ2) is 9.64. The lowest BCUT2D eigenvalue weighted by Crippen LogP contribution is -2.33. The van der Waals surface area contributed by atoms with E-state index in [1.54, 1.807) is 0 Å². The van der Waals surface area contributed by atoms with Crippen LogP contribution in [0.4, 0.5) is 18.9 Å². The molecule has 1 aliphatic rings. The van der Waals surface area contributed by atoms with Gasteiger partial charge in [-0.2, -0.15) is 23.3 Å². The number of nitrogens with zero attached hydrogens (tertiary/aromatic N) is 4. The predicted octanol–water partition coefficient (Wildman–Crippen LogP) is 4.96. The van der Waals surface area contributed by atoms with Crippen molar-refractivity contribution in [2.24, 2.45) is 10.2 Å². The molecule has 0 amide bonds. The van der Waals surface area contributed by atoms with Crippen LogP contribution in [0.5, 0.6) is 5.88 Å². The molecule has 2 aromatic rings. The van der Waals surface area contributed by atoms with Gasteiger partial charge in [-0.3, -0.25) is 4.90 Å². The molecule has 1 aromatic carbocycles. The maximum absolute atomic E-state index is 14.5. The van der Waals surface area contributed by atoms with Crippen LogP contribution >= 0.6 is 0 Å². The first-order chi connectivity index (χ1) is 13.5. The Hall–Kier alpha value is -2.48. The van der Waals surface area contributed by atoms with Crippen LogP contribution in [0.1, 0.15) is 30.4 Å². The number of ether oxygens (including phenoxy) is 1. The minimum absolute atomic E-state index is 0.121. The SMILES string of the molecule is Cc1cccc(CN=Nc2c(F)c(F)nc(OCCN3CCCCC3)c2F)c1. The molecule has 0 saturated carbocycles. The van der Waals surface area contributed by atoms with Gasteiger partial charge < -0.3 is 4.74 Å². The van der Waals surface area contributed by atoms with Gasteiger partial charge in [0.05, 0.1) is 6.54 Å². The van der Waals surface area contributed by atoms with E-state index in [0.717, 1.165) is 37.1 Å². The van der Waals surface area contributed by atoms with Crippen LogP contribution in [0.25, 0.3) is 0 Å². The normalized spacial score (nSPS) is 15.3. The van der Waals surface area contributed by atoms with Gasteiger partial charge in [-0.05, 0) is 38.4 Å².